The molecule has 7 nitrogen and oxygen atoms in total. The van der Waals surface area contributed by atoms with Crippen molar-refractivity contribution < 1.29 is 23.5 Å². The number of hydrogen-bond acceptors (Lipinski definition) is 5. The highest BCUT2D eigenvalue weighted by atomic mass is 79.9. The highest BCUT2D eigenvalue weighted by Crippen LogP contribution is 2.41. The van der Waals surface area contributed by atoms with Crippen molar-refractivity contribution >= 4 is 33.4 Å². The monoisotopic (exact) mass is 516 g/mol. The van der Waals surface area contributed by atoms with E-state index < -0.39 is 34.6 Å². The molecule has 0 radical (unpaired) electrons. The van der Waals surface area contributed by atoms with E-state index in [2.05, 4.69) is 21.2 Å². The van der Waals surface area contributed by atoms with Gasteiger partial charge in [-0.25, -0.2) is 13.8 Å². The summed E-state index contributed by atoms with van der Waals surface area (Å²) in [5.74, 6) is -3.91. The summed E-state index contributed by atoms with van der Waals surface area (Å²) in [6.45, 7) is 2.35. The molecule has 170 valence electrons. The molecule has 2 aliphatic rings. The van der Waals surface area contributed by atoms with Crippen LogP contribution >= 0.6 is 15.9 Å². The lowest BCUT2D eigenvalue weighted by Crippen LogP contribution is -2.60. The molecule has 1 atom stereocenters. The Morgan fingerprint density at radius 2 is 1.91 bits per heavy atom. The fourth-order valence-corrected chi connectivity index (χ4v) is 4.46. The van der Waals surface area contributed by atoms with Gasteiger partial charge in [-0.2, -0.15) is 5.26 Å². The van der Waals surface area contributed by atoms with E-state index in [1.165, 1.54) is 5.01 Å². The van der Waals surface area contributed by atoms with Crippen LogP contribution in [0.2, 0.25) is 0 Å². The predicted molar refractivity (Wildman–Crippen MR) is 118 cm³/mol. The number of anilines is 1. The molecule has 2 aromatic carbocycles. The van der Waals surface area contributed by atoms with Gasteiger partial charge >= 0.3 is 0 Å². The van der Waals surface area contributed by atoms with Crippen LogP contribution < -0.4 is 5.32 Å². The fourth-order valence-electron chi connectivity index (χ4n) is 4.23. The third-order valence-corrected chi connectivity index (χ3v) is 6.73. The highest BCUT2D eigenvalue weighted by molar-refractivity contribution is 9.10. The Balaban J connectivity index is 1.68. The first-order valence-corrected chi connectivity index (χ1v) is 10.9. The van der Waals surface area contributed by atoms with Crippen molar-refractivity contribution in [2.45, 2.75) is 31.8 Å². The Hall–Kier alpha value is -3.29. The van der Waals surface area contributed by atoms with Crippen LogP contribution in [0.4, 0.5) is 14.5 Å². The Morgan fingerprint density at radius 3 is 2.52 bits per heavy atom. The van der Waals surface area contributed by atoms with Crippen molar-refractivity contribution in [2.75, 3.05) is 11.9 Å². The van der Waals surface area contributed by atoms with Gasteiger partial charge in [0.05, 0.1) is 28.2 Å². The van der Waals surface area contributed by atoms with Crippen LogP contribution in [0.3, 0.4) is 0 Å². The second-order valence-electron chi connectivity index (χ2n) is 8.10. The smallest absolute Gasteiger partial charge is 0.277 e. The van der Waals surface area contributed by atoms with Crippen LogP contribution in [0.25, 0.3) is 0 Å². The number of carbonyl (C=O) groups excluding carboxylic acids is 2. The molecule has 4 rings (SSSR count). The van der Waals surface area contributed by atoms with Gasteiger partial charge in [0, 0.05) is 12.2 Å². The van der Waals surface area contributed by atoms with E-state index in [0.717, 1.165) is 17.7 Å². The highest BCUT2D eigenvalue weighted by Gasteiger charge is 2.52. The number of nitriles is 1. The first-order valence-electron chi connectivity index (χ1n) is 10.1. The molecule has 1 fully saturated rings. The molecule has 2 aromatic rings. The summed E-state index contributed by atoms with van der Waals surface area (Å²) in [4.78, 5) is 26.4. The molecule has 0 aliphatic carbocycles. The Kier molecular flexibility index (Phi) is 5.95. The second kappa shape index (κ2) is 8.57. The zero-order valence-electron chi connectivity index (χ0n) is 17.5. The molecule has 0 aromatic heterocycles. The van der Waals surface area contributed by atoms with Crippen LogP contribution in [-0.4, -0.2) is 39.0 Å². The number of halogens is 3. The molecule has 2 amide bonds. The lowest BCUT2D eigenvalue weighted by Gasteiger charge is -2.46. The maximum Gasteiger partial charge on any atom is 0.277 e. The Labute approximate surface area is 197 Å². The van der Waals surface area contributed by atoms with Crippen molar-refractivity contribution in [2.24, 2.45) is 0 Å². The zero-order valence-corrected chi connectivity index (χ0v) is 19.1. The van der Waals surface area contributed by atoms with Gasteiger partial charge in [0.15, 0.2) is 0 Å². The van der Waals surface area contributed by atoms with Gasteiger partial charge in [0.1, 0.15) is 23.0 Å². The number of nitrogens with zero attached hydrogens (tertiary/aromatic N) is 3. The van der Waals surface area contributed by atoms with Gasteiger partial charge in [-0.1, -0.05) is 12.1 Å². The van der Waals surface area contributed by atoms with Gasteiger partial charge in [-0.15, -0.1) is 0 Å². The summed E-state index contributed by atoms with van der Waals surface area (Å²) in [6, 6.07) is 10.5. The molecule has 2 N–H and O–H groups in total. The standard InChI is InChI=1S/C23H19BrF2N4O3/c1-23-7-2-8-30(23)29(12-14-5-3-13(11-27)4-6-14)22(33)18(20(23)31)21(32)28-15-9-16(25)19(24)17(26)10-15/h3-6,9-10,31H,2,7-8,12H2,1H3,(H,28,32)/t23-/m1/s1. The number of nitrogens with one attached hydrogen (secondary N) is 1. The van der Waals surface area contributed by atoms with Gasteiger partial charge < -0.3 is 10.4 Å². The number of hydrazine groups is 1. The van der Waals surface area contributed by atoms with Crippen LogP contribution in [-0.2, 0) is 16.1 Å². The van der Waals surface area contributed by atoms with E-state index >= 15 is 0 Å². The molecule has 0 unspecified atom stereocenters. The maximum absolute atomic E-state index is 13.9. The topological polar surface area (TPSA) is 96.7 Å². The molecular weight excluding hydrogens is 498 g/mol. The van der Waals surface area contributed by atoms with Crippen molar-refractivity contribution in [1.82, 2.24) is 10.0 Å². The summed E-state index contributed by atoms with van der Waals surface area (Å²) in [6.07, 6.45) is 1.20. The van der Waals surface area contributed by atoms with Gasteiger partial charge in [0.25, 0.3) is 11.8 Å². The molecule has 0 bridgehead atoms. The van der Waals surface area contributed by atoms with E-state index in [1.807, 2.05) is 6.07 Å². The van der Waals surface area contributed by atoms with Crippen LogP contribution in [0.5, 0.6) is 0 Å². The zero-order chi connectivity index (χ0) is 23.9. The van der Waals surface area contributed by atoms with Gasteiger partial charge in [-0.05, 0) is 65.5 Å². The second-order valence-corrected chi connectivity index (χ2v) is 8.90. The third kappa shape index (κ3) is 3.98. The molecule has 10 heteroatoms. The number of benzene rings is 2. The first-order chi connectivity index (χ1) is 15.7. The first kappa shape index (κ1) is 22.9. The summed E-state index contributed by atoms with van der Waals surface area (Å²) in [5, 5.41) is 25.4. The molecule has 2 heterocycles. The number of rotatable bonds is 4. The minimum absolute atomic E-state index is 0.117. The minimum atomic E-state index is -0.983. The summed E-state index contributed by atoms with van der Waals surface area (Å²) >= 11 is 2.77. The van der Waals surface area contributed by atoms with Crippen molar-refractivity contribution in [1.29, 1.82) is 5.26 Å². The number of aliphatic hydroxyl groups excluding tert-OH is 1. The van der Waals surface area contributed by atoms with Crippen molar-refractivity contribution in [3.05, 3.63) is 75.0 Å². The molecule has 1 saturated heterocycles. The average Bonchev–Trinajstić information content (AvgIpc) is 3.18. The number of hydrogen-bond donors (Lipinski definition) is 2. The van der Waals surface area contributed by atoms with Crippen LogP contribution in [0.15, 0.2) is 52.2 Å². The lowest BCUT2D eigenvalue weighted by atomic mass is 9.90. The summed E-state index contributed by atoms with van der Waals surface area (Å²) < 4.78 is 27.4. The minimum Gasteiger partial charge on any atom is -0.509 e. The van der Waals surface area contributed by atoms with Crippen molar-refractivity contribution in [3.8, 4) is 6.07 Å². The Bertz CT molecular complexity index is 1200. The van der Waals surface area contributed by atoms with Crippen LogP contribution in [0.1, 0.15) is 30.9 Å². The lowest BCUT2D eigenvalue weighted by molar-refractivity contribution is -0.160. The summed E-state index contributed by atoms with van der Waals surface area (Å²) in [5.41, 5.74) is -0.447. The quantitative estimate of drug-likeness (QED) is 0.469. The summed E-state index contributed by atoms with van der Waals surface area (Å²) in [7, 11) is 0. The van der Waals surface area contributed by atoms with Gasteiger partial charge in [0.2, 0.25) is 0 Å². The number of carbonyl (C=O) groups is 2. The van der Waals surface area contributed by atoms with E-state index in [1.54, 1.807) is 36.2 Å². The molecule has 2 aliphatic heterocycles. The van der Waals surface area contributed by atoms with Crippen molar-refractivity contribution in [3.63, 3.8) is 0 Å². The molecular formula is C23H19BrF2N4O3. The third-order valence-electron chi connectivity index (χ3n) is 5.97. The predicted octanol–water partition coefficient (Wildman–Crippen LogP) is 4.16. The SMILES string of the molecule is C[C@]12CCCN1N(Cc1ccc(C#N)cc1)C(=O)C(C(=O)Nc1cc(F)c(Br)c(F)c1)=C2O. The fraction of sp³-hybridized carbons (Fsp3) is 0.261. The van der Waals surface area contributed by atoms with E-state index in [0.29, 0.717) is 24.9 Å². The van der Waals surface area contributed by atoms with Gasteiger partial charge in [-0.3, -0.25) is 14.6 Å². The van der Waals surface area contributed by atoms with E-state index in [4.69, 9.17) is 5.26 Å². The molecule has 33 heavy (non-hydrogen) atoms. The number of fused-ring (bicyclic) bond motifs is 1. The van der Waals surface area contributed by atoms with Crippen LogP contribution in [0, 0.1) is 23.0 Å². The Morgan fingerprint density at radius 1 is 1.27 bits per heavy atom. The molecule has 0 saturated carbocycles. The van der Waals surface area contributed by atoms with E-state index in [9.17, 15) is 23.5 Å². The largest absolute Gasteiger partial charge is 0.509 e. The maximum atomic E-state index is 13.9. The molecule has 0 spiro atoms. The number of aliphatic hydroxyl groups is 1. The average molecular weight is 517 g/mol. The normalized spacial score (nSPS) is 20.6. The van der Waals surface area contributed by atoms with E-state index in [-0.39, 0.29) is 22.5 Å². The number of amides is 2.